The highest BCUT2D eigenvalue weighted by Crippen LogP contribution is 1.97. The van der Waals surface area contributed by atoms with E-state index >= 15 is 0 Å². The molecule has 1 aliphatic carbocycles. The van der Waals surface area contributed by atoms with Crippen molar-refractivity contribution in [3.63, 3.8) is 0 Å². The quantitative estimate of drug-likeness (QED) is 0.414. The lowest BCUT2D eigenvalue weighted by Gasteiger charge is -1.79. The fraction of sp³-hybridized carbons (Fsp3) is 0. The number of imidazole rings is 1. The lowest BCUT2D eigenvalue weighted by Crippen LogP contribution is -2.08. The second-order valence-corrected chi connectivity index (χ2v) is 2.61. The monoisotopic (exact) mass is 144 g/mol. The number of hydrogen-bond acceptors (Lipinski definition) is 1. The van der Waals surface area contributed by atoms with E-state index in [1.807, 2.05) is 12.1 Å². The summed E-state index contributed by atoms with van der Waals surface area (Å²) in [5.41, 5.74) is 4.65. The van der Waals surface area contributed by atoms with Crippen molar-refractivity contribution in [2.75, 3.05) is 0 Å². The molecular weight excluding hydrogens is 140 g/mol. The number of benzene rings is 1. The highest BCUT2D eigenvalue weighted by atomic mass is 16.1. The van der Waals surface area contributed by atoms with E-state index in [1.165, 1.54) is 0 Å². The van der Waals surface area contributed by atoms with Crippen LogP contribution in [-0.4, -0.2) is 9.97 Å². The summed E-state index contributed by atoms with van der Waals surface area (Å²) in [4.78, 5) is 16.2. The normalized spacial score (nSPS) is 12.0. The first-order valence-corrected chi connectivity index (χ1v) is 3.36. The molecule has 2 aromatic rings. The summed E-state index contributed by atoms with van der Waals surface area (Å²) in [5.74, 6) is 0. The Morgan fingerprint density at radius 2 is 2.18 bits per heavy atom. The number of nitrogens with one attached hydrogen (secondary N) is 2. The molecule has 0 aliphatic heterocycles. The van der Waals surface area contributed by atoms with Crippen molar-refractivity contribution in [1.82, 2.24) is 9.97 Å². The number of H-pyrrole nitrogens is 2. The maximum absolute atomic E-state index is 10.8. The van der Waals surface area contributed by atoms with Crippen LogP contribution >= 0.6 is 0 Å². The average molecular weight is 144 g/mol. The first-order chi connectivity index (χ1) is 5.34. The van der Waals surface area contributed by atoms with Crippen molar-refractivity contribution >= 4 is 16.8 Å². The van der Waals surface area contributed by atoms with Crippen LogP contribution in [0.25, 0.3) is 16.8 Å². The molecule has 0 atom stereocenters. The zero-order chi connectivity index (χ0) is 7.42. The van der Waals surface area contributed by atoms with Crippen LogP contribution in [0.4, 0.5) is 0 Å². The van der Waals surface area contributed by atoms with Crippen LogP contribution in [-0.2, 0) is 0 Å². The Labute approximate surface area is 60.7 Å². The number of aromatic nitrogens is 2. The largest absolute Gasteiger partial charge is 0.323 e. The molecular formula is C8H4N2O. The van der Waals surface area contributed by atoms with Crippen LogP contribution in [0.5, 0.6) is 0 Å². The zero-order valence-corrected chi connectivity index (χ0v) is 5.56. The molecule has 0 amide bonds. The van der Waals surface area contributed by atoms with Gasteiger partial charge in [0.05, 0.1) is 16.3 Å². The van der Waals surface area contributed by atoms with Crippen LogP contribution in [0.1, 0.15) is 0 Å². The summed E-state index contributed by atoms with van der Waals surface area (Å²) in [6, 6.07) is 3.83. The minimum Gasteiger partial charge on any atom is -0.306 e. The Morgan fingerprint density at radius 1 is 1.27 bits per heavy atom. The molecule has 1 aromatic heterocycles. The summed E-state index contributed by atoms with van der Waals surface area (Å²) >= 11 is 0. The molecule has 0 saturated heterocycles. The highest BCUT2D eigenvalue weighted by molar-refractivity contribution is 5.78. The van der Waals surface area contributed by atoms with E-state index in [-0.39, 0.29) is 5.69 Å². The van der Waals surface area contributed by atoms with Gasteiger partial charge in [-0.05, 0) is 12.1 Å². The van der Waals surface area contributed by atoms with Gasteiger partial charge in [0, 0.05) is 5.22 Å². The van der Waals surface area contributed by atoms with Crippen molar-refractivity contribution in [2.45, 2.75) is 0 Å². The topological polar surface area (TPSA) is 48.6 Å². The van der Waals surface area contributed by atoms with E-state index in [0.717, 1.165) is 21.5 Å². The minimum atomic E-state index is -0.151. The predicted molar refractivity (Wildman–Crippen MR) is 40.7 cm³/mol. The third kappa shape index (κ3) is 0.509. The van der Waals surface area contributed by atoms with Crippen molar-refractivity contribution in [3.05, 3.63) is 33.1 Å². The van der Waals surface area contributed by atoms with Gasteiger partial charge in [-0.3, -0.25) is 0 Å². The van der Waals surface area contributed by atoms with Crippen LogP contribution in [0.15, 0.2) is 16.9 Å². The molecule has 0 radical (unpaired) electrons. The van der Waals surface area contributed by atoms with E-state index in [4.69, 9.17) is 0 Å². The van der Waals surface area contributed by atoms with Gasteiger partial charge in [0.1, 0.15) is 0 Å². The van der Waals surface area contributed by atoms with Gasteiger partial charge in [0.15, 0.2) is 0 Å². The summed E-state index contributed by atoms with van der Waals surface area (Å²) in [7, 11) is 0. The first-order valence-electron chi connectivity index (χ1n) is 3.36. The molecule has 1 aliphatic rings. The van der Waals surface area contributed by atoms with Gasteiger partial charge >= 0.3 is 5.69 Å². The maximum atomic E-state index is 10.8. The van der Waals surface area contributed by atoms with Gasteiger partial charge in [-0.2, -0.15) is 0 Å². The zero-order valence-electron chi connectivity index (χ0n) is 5.56. The van der Waals surface area contributed by atoms with Crippen LogP contribution in [0.2, 0.25) is 0 Å². The number of fused-ring (bicyclic) bond motifs is 3. The van der Waals surface area contributed by atoms with Gasteiger partial charge < -0.3 is 9.97 Å². The molecule has 1 aromatic carbocycles. The molecule has 3 rings (SSSR count). The fourth-order valence-electron chi connectivity index (χ4n) is 1.31. The Balaban J connectivity index is 2.77. The Kier molecular flexibility index (Phi) is 0.594. The standard InChI is InChI=1S/C8H4N2O/c11-8-9-6-2-1-4-3-5(4)7(6)10-8/h1-2H,(H2,9,10,11). The summed E-state index contributed by atoms with van der Waals surface area (Å²) < 4.78 is 0. The van der Waals surface area contributed by atoms with E-state index < -0.39 is 0 Å². The van der Waals surface area contributed by atoms with E-state index in [9.17, 15) is 4.79 Å². The number of hydrogen-bond donors (Lipinski definition) is 2. The first kappa shape index (κ1) is 4.99. The second kappa shape index (κ2) is 1.31. The number of rotatable bonds is 0. The molecule has 3 nitrogen and oxygen atoms in total. The molecule has 0 bridgehead atoms. The molecule has 0 spiro atoms. The average Bonchev–Trinajstić information content (AvgIpc) is 2.67. The lowest BCUT2D eigenvalue weighted by atomic mass is 10.3. The molecule has 1 heterocycles. The van der Waals surface area contributed by atoms with Gasteiger partial charge in [0.2, 0.25) is 0 Å². The van der Waals surface area contributed by atoms with Crippen molar-refractivity contribution in [3.8, 4) is 0 Å². The van der Waals surface area contributed by atoms with Crippen molar-refractivity contribution in [1.29, 1.82) is 0 Å². The summed E-state index contributed by atoms with van der Waals surface area (Å²) in [5, 5.41) is 2.15. The maximum Gasteiger partial charge on any atom is 0.323 e. The predicted octanol–water partition coefficient (Wildman–Crippen LogP) is -1.08. The Morgan fingerprint density at radius 3 is 3.09 bits per heavy atom. The van der Waals surface area contributed by atoms with Crippen LogP contribution in [0, 0.1) is 0 Å². The third-order valence-corrected chi connectivity index (χ3v) is 1.89. The Bertz CT molecular complexity index is 626. The van der Waals surface area contributed by atoms with Gasteiger partial charge in [-0.15, -0.1) is 5.73 Å². The van der Waals surface area contributed by atoms with Crippen molar-refractivity contribution < 1.29 is 0 Å². The second-order valence-electron chi connectivity index (χ2n) is 2.61. The molecule has 0 unspecified atom stereocenters. The van der Waals surface area contributed by atoms with Gasteiger partial charge in [0.25, 0.3) is 0 Å². The van der Waals surface area contributed by atoms with E-state index in [2.05, 4.69) is 15.7 Å². The molecule has 0 saturated carbocycles. The summed E-state index contributed by atoms with van der Waals surface area (Å²) in [6.07, 6.45) is 0. The van der Waals surface area contributed by atoms with E-state index in [1.54, 1.807) is 0 Å². The van der Waals surface area contributed by atoms with Crippen LogP contribution in [0.3, 0.4) is 0 Å². The molecule has 2 N–H and O–H groups in total. The lowest BCUT2D eigenvalue weighted by molar-refractivity contribution is 1.21. The number of aromatic amines is 2. The SMILES string of the molecule is O=c1[nH]c2ccc3c(c2[nH]1)=C=3. The smallest absolute Gasteiger partial charge is 0.306 e. The molecule has 3 heteroatoms. The minimum absolute atomic E-state index is 0.151. The highest BCUT2D eigenvalue weighted by Gasteiger charge is 2.04. The molecule has 11 heavy (non-hydrogen) atoms. The summed E-state index contributed by atoms with van der Waals surface area (Å²) in [6.45, 7) is 0. The third-order valence-electron chi connectivity index (χ3n) is 1.89. The molecule has 0 fully saturated rings. The van der Waals surface area contributed by atoms with Gasteiger partial charge in [-0.25, -0.2) is 4.79 Å². The van der Waals surface area contributed by atoms with Crippen LogP contribution < -0.4 is 16.1 Å². The molecule has 52 valence electrons. The van der Waals surface area contributed by atoms with Gasteiger partial charge in [-0.1, -0.05) is 0 Å². The fourth-order valence-corrected chi connectivity index (χ4v) is 1.31. The Hall–Kier alpha value is -1.73. The van der Waals surface area contributed by atoms with Crippen molar-refractivity contribution in [2.24, 2.45) is 0 Å². The van der Waals surface area contributed by atoms with E-state index in [0.29, 0.717) is 0 Å².